The highest BCUT2D eigenvalue weighted by Crippen LogP contribution is 2.19. The van der Waals surface area contributed by atoms with Crippen molar-refractivity contribution in [3.63, 3.8) is 0 Å². The van der Waals surface area contributed by atoms with E-state index in [1.807, 2.05) is 11.9 Å². The highest BCUT2D eigenvalue weighted by atomic mass is 19.1. The summed E-state index contributed by atoms with van der Waals surface area (Å²) in [5.41, 5.74) is 1.31. The molecule has 0 atom stereocenters. The number of aliphatic carboxylic acids is 1. The molecule has 0 aliphatic rings. The van der Waals surface area contributed by atoms with Crippen LogP contribution in [-0.4, -0.2) is 24.7 Å². The minimum absolute atomic E-state index is 0.360. The molecule has 0 amide bonds. The number of unbranched alkanes of at least 4 members (excludes halogenated alkanes) is 1. The molecule has 0 heterocycles. The summed E-state index contributed by atoms with van der Waals surface area (Å²) in [5.74, 6) is -1.40. The zero-order chi connectivity index (χ0) is 13.5. The van der Waals surface area contributed by atoms with Crippen LogP contribution in [0.1, 0.15) is 25.3 Å². The zero-order valence-electron chi connectivity index (χ0n) is 10.7. The average Bonchev–Trinajstić information content (AvgIpc) is 2.32. The minimum Gasteiger partial charge on any atom is -0.478 e. The van der Waals surface area contributed by atoms with Crippen LogP contribution in [-0.2, 0) is 4.79 Å². The molecule has 0 spiro atoms. The van der Waals surface area contributed by atoms with Gasteiger partial charge in [0, 0.05) is 25.4 Å². The van der Waals surface area contributed by atoms with Crippen LogP contribution in [0.5, 0.6) is 0 Å². The molecule has 0 fully saturated rings. The first-order valence-corrected chi connectivity index (χ1v) is 5.95. The molecule has 18 heavy (non-hydrogen) atoms. The molecule has 3 nitrogen and oxygen atoms in total. The zero-order valence-corrected chi connectivity index (χ0v) is 10.7. The third-order valence-corrected chi connectivity index (χ3v) is 2.61. The van der Waals surface area contributed by atoms with Gasteiger partial charge in [0.15, 0.2) is 0 Å². The summed E-state index contributed by atoms with van der Waals surface area (Å²) in [4.78, 5) is 12.4. The minimum atomic E-state index is -1.04. The fourth-order valence-electron chi connectivity index (χ4n) is 1.60. The van der Waals surface area contributed by atoms with Crippen molar-refractivity contribution in [2.45, 2.75) is 19.8 Å². The number of carbonyl (C=O) groups is 1. The van der Waals surface area contributed by atoms with E-state index in [-0.39, 0.29) is 5.82 Å². The van der Waals surface area contributed by atoms with Crippen LogP contribution in [0.25, 0.3) is 6.08 Å². The molecule has 98 valence electrons. The summed E-state index contributed by atoms with van der Waals surface area (Å²) in [7, 11) is 1.90. The lowest BCUT2D eigenvalue weighted by molar-refractivity contribution is -0.131. The summed E-state index contributed by atoms with van der Waals surface area (Å²) in [6.45, 7) is 2.95. The summed E-state index contributed by atoms with van der Waals surface area (Å²) < 4.78 is 13.4. The number of benzene rings is 1. The van der Waals surface area contributed by atoms with Crippen molar-refractivity contribution in [2.24, 2.45) is 0 Å². The highest BCUT2D eigenvalue weighted by molar-refractivity contribution is 5.85. The van der Waals surface area contributed by atoms with Crippen LogP contribution in [0.15, 0.2) is 24.3 Å². The maximum absolute atomic E-state index is 13.4. The van der Waals surface area contributed by atoms with Crippen molar-refractivity contribution < 1.29 is 14.3 Å². The predicted octanol–water partition coefficient (Wildman–Crippen LogP) is 3.16. The van der Waals surface area contributed by atoms with Crippen LogP contribution < -0.4 is 4.90 Å². The van der Waals surface area contributed by atoms with Gasteiger partial charge in [-0.1, -0.05) is 13.3 Å². The lowest BCUT2D eigenvalue weighted by atomic mass is 10.1. The van der Waals surface area contributed by atoms with Gasteiger partial charge < -0.3 is 10.0 Å². The first kappa shape index (κ1) is 14.2. The average molecular weight is 251 g/mol. The van der Waals surface area contributed by atoms with Gasteiger partial charge in [-0.3, -0.25) is 0 Å². The Morgan fingerprint density at radius 2 is 2.17 bits per heavy atom. The fourth-order valence-corrected chi connectivity index (χ4v) is 1.60. The van der Waals surface area contributed by atoms with Gasteiger partial charge in [0.2, 0.25) is 0 Å². The Morgan fingerprint density at radius 3 is 2.78 bits per heavy atom. The first-order valence-electron chi connectivity index (χ1n) is 5.95. The number of carboxylic acid groups (broad SMARTS) is 1. The molecule has 0 bridgehead atoms. The summed E-state index contributed by atoms with van der Waals surface area (Å²) >= 11 is 0. The van der Waals surface area contributed by atoms with Gasteiger partial charge >= 0.3 is 5.97 Å². The molecule has 1 aromatic rings. The number of rotatable bonds is 6. The second-order valence-corrected chi connectivity index (χ2v) is 4.19. The van der Waals surface area contributed by atoms with E-state index in [0.29, 0.717) is 5.56 Å². The fraction of sp³-hybridized carbons (Fsp3) is 0.357. The monoisotopic (exact) mass is 251 g/mol. The molecular formula is C14H18FNO2. The number of halogens is 1. The molecule has 0 unspecified atom stereocenters. The molecule has 1 N–H and O–H groups in total. The van der Waals surface area contributed by atoms with Crippen LogP contribution in [0.2, 0.25) is 0 Å². The summed E-state index contributed by atoms with van der Waals surface area (Å²) in [6, 6.07) is 4.54. The van der Waals surface area contributed by atoms with E-state index in [9.17, 15) is 9.18 Å². The second-order valence-electron chi connectivity index (χ2n) is 4.19. The van der Waals surface area contributed by atoms with Gasteiger partial charge in [0.05, 0.1) is 0 Å². The molecule has 0 radical (unpaired) electrons. The van der Waals surface area contributed by atoms with E-state index >= 15 is 0 Å². The van der Waals surface area contributed by atoms with Crippen molar-refractivity contribution >= 4 is 17.7 Å². The number of nitrogens with zero attached hydrogens (tertiary/aromatic N) is 1. The predicted molar refractivity (Wildman–Crippen MR) is 71.2 cm³/mol. The number of anilines is 1. The lowest BCUT2D eigenvalue weighted by Gasteiger charge is -2.19. The lowest BCUT2D eigenvalue weighted by Crippen LogP contribution is -2.18. The third kappa shape index (κ3) is 4.57. The van der Waals surface area contributed by atoms with Crippen LogP contribution in [0, 0.1) is 5.82 Å². The molecule has 0 aliphatic heterocycles. The van der Waals surface area contributed by atoms with E-state index in [4.69, 9.17) is 5.11 Å². The Bertz CT molecular complexity index is 443. The molecule has 0 saturated heterocycles. The van der Waals surface area contributed by atoms with Crippen molar-refractivity contribution in [1.82, 2.24) is 0 Å². The highest BCUT2D eigenvalue weighted by Gasteiger charge is 2.04. The number of hydrogen-bond acceptors (Lipinski definition) is 2. The van der Waals surface area contributed by atoms with Crippen molar-refractivity contribution in [2.75, 3.05) is 18.5 Å². The SMILES string of the molecule is CCCCN(C)c1cc(F)cc(/C=C/C(=O)O)c1. The van der Waals surface area contributed by atoms with Gasteiger partial charge in [-0.15, -0.1) is 0 Å². The van der Waals surface area contributed by atoms with Crippen molar-refractivity contribution in [3.8, 4) is 0 Å². The third-order valence-electron chi connectivity index (χ3n) is 2.61. The summed E-state index contributed by atoms with van der Waals surface area (Å²) in [6.07, 6.45) is 4.51. The van der Waals surface area contributed by atoms with Crippen molar-refractivity contribution in [1.29, 1.82) is 0 Å². The molecule has 0 aromatic heterocycles. The Hall–Kier alpha value is -1.84. The molecule has 4 heteroatoms. The number of hydrogen-bond donors (Lipinski definition) is 1. The normalized spacial score (nSPS) is 10.8. The molecule has 0 aliphatic carbocycles. The van der Waals surface area contributed by atoms with Gasteiger partial charge in [0.25, 0.3) is 0 Å². The molecule has 1 rings (SSSR count). The topological polar surface area (TPSA) is 40.5 Å². The first-order chi connectivity index (χ1) is 8.52. The molecule has 1 aromatic carbocycles. The van der Waals surface area contributed by atoms with E-state index in [0.717, 1.165) is 31.1 Å². The van der Waals surface area contributed by atoms with Crippen LogP contribution >= 0.6 is 0 Å². The van der Waals surface area contributed by atoms with Gasteiger partial charge in [-0.25, -0.2) is 9.18 Å². The largest absolute Gasteiger partial charge is 0.478 e. The van der Waals surface area contributed by atoms with Crippen molar-refractivity contribution in [3.05, 3.63) is 35.7 Å². The molecule has 0 saturated carbocycles. The van der Waals surface area contributed by atoms with E-state index < -0.39 is 5.97 Å². The maximum atomic E-state index is 13.4. The van der Waals surface area contributed by atoms with Gasteiger partial charge in [-0.05, 0) is 36.3 Å². The molecular weight excluding hydrogens is 233 g/mol. The Labute approximate surface area is 107 Å². The van der Waals surface area contributed by atoms with E-state index in [1.54, 1.807) is 6.07 Å². The van der Waals surface area contributed by atoms with Gasteiger partial charge in [0.1, 0.15) is 5.82 Å². The Kier molecular flexibility index (Phi) is 5.36. The quantitative estimate of drug-likeness (QED) is 0.789. The number of carboxylic acids is 1. The van der Waals surface area contributed by atoms with E-state index in [2.05, 4.69) is 6.92 Å². The standard InChI is InChI=1S/C14H18FNO2/c1-3-4-7-16(2)13-9-11(5-6-14(17)18)8-12(15)10-13/h5-6,8-10H,3-4,7H2,1-2H3,(H,17,18)/b6-5+. The van der Waals surface area contributed by atoms with Crippen LogP contribution in [0.4, 0.5) is 10.1 Å². The van der Waals surface area contributed by atoms with E-state index in [1.165, 1.54) is 18.2 Å². The Morgan fingerprint density at radius 1 is 1.44 bits per heavy atom. The summed E-state index contributed by atoms with van der Waals surface area (Å²) in [5, 5.41) is 8.55. The smallest absolute Gasteiger partial charge is 0.328 e. The van der Waals surface area contributed by atoms with Gasteiger partial charge in [-0.2, -0.15) is 0 Å². The second kappa shape index (κ2) is 6.79. The van der Waals surface area contributed by atoms with Crippen LogP contribution in [0.3, 0.4) is 0 Å². The maximum Gasteiger partial charge on any atom is 0.328 e. The Balaban J connectivity index is 2.89.